The van der Waals surface area contributed by atoms with Gasteiger partial charge in [-0.15, -0.1) is 11.3 Å². The maximum Gasteiger partial charge on any atom is 0.315 e. The van der Waals surface area contributed by atoms with Crippen LogP contribution in [0.1, 0.15) is 10.4 Å². The van der Waals surface area contributed by atoms with Crippen molar-refractivity contribution in [2.75, 3.05) is 13.7 Å². The zero-order valence-electron chi connectivity index (χ0n) is 13.3. The van der Waals surface area contributed by atoms with Gasteiger partial charge in [0.1, 0.15) is 11.8 Å². The second kappa shape index (κ2) is 7.35. The molecule has 0 bridgehead atoms. The number of nitrogens with zero attached hydrogens (tertiary/aromatic N) is 1. The Morgan fingerprint density at radius 1 is 1.29 bits per heavy atom. The van der Waals surface area contributed by atoms with Crippen LogP contribution in [-0.2, 0) is 17.9 Å². The van der Waals surface area contributed by atoms with Crippen LogP contribution in [0.2, 0.25) is 0 Å². The number of benzene rings is 1. The molecule has 6 nitrogen and oxygen atoms in total. The predicted molar refractivity (Wildman–Crippen MR) is 91.9 cm³/mol. The van der Waals surface area contributed by atoms with E-state index >= 15 is 0 Å². The first-order valence-electron chi connectivity index (χ1n) is 7.65. The highest BCUT2D eigenvalue weighted by Gasteiger charge is 2.31. The van der Waals surface area contributed by atoms with Crippen molar-refractivity contribution in [2.45, 2.75) is 19.1 Å². The molecular weight excluding hydrogens is 326 g/mol. The molecule has 0 unspecified atom stereocenters. The van der Waals surface area contributed by atoms with Gasteiger partial charge in [-0.05, 0) is 17.5 Å². The highest BCUT2D eigenvalue weighted by Crippen LogP contribution is 2.22. The first-order valence-corrected chi connectivity index (χ1v) is 8.53. The maximum absolute atomic E-state index is 12.9. The smallest absolute Gasteiger partial charge is 0.315 e. The summed E-state index contributed by atoms with van der Waals surface area (Å²) in [5.41, 5.74) is 0.933. The summed E-state index contributed by atoms with van der Waals surface area (Å²) in [6, 6.07) is 10.8. The molecule has 2 aromatic rings. The summed E-state index contributed by atoms with van der Waals surface area (Å²) in [7, 11) is 1.62. The highest BCUT2D eigenvalue weighted by atomic mass is 32.1. The van der Waals surface area contributed by atoms with Crippen molar-refractivity contribution in [2.24, 2.45) is 0 Å². The first kappa shape index (κ1) is 16.3. The Bertz CT molecular complexity index is 718. The number of thiophene rings is 1. The Kier molecular flexibility index (Phi) is 5.00. The molecule has 3 amide bonds. The molecule has 2 N–H and O–H groups in total. The van der Waals surface area contributed by atoms with E-state index in [4.69, 9.17) is 4.74 Å². The van der Waals surface area contributed by atoms with Gasteiger partial charge in [-0.3, -0.25) is 4.79 Å². The van der Waals surface area contributed by atoms with Crippen LogP contribution in [0.5, 0.6) is 5.75 Å². The molecule has 1 fully saturated rings. The molecule has 0 spiro atoms. The maximum atomic E-state index is 12.9. The van der Waals surface area contributed by atoms with Gasteiger partial charge in [0.15, 0.2) is 0 Å². The number of urea groups is 1. The topological polar surface area (TPSA) is 70.7 Å². The normalized spacial score (nSPS) is 16.4. The molecule has 1 aromatic heterocycles. The number of amides is 3. The number of hydrogen-bond donors (Lipinski definition) is 2. The third-order valence-corrected chi connectivity index (χ3v) is 4.72. The Labute approximate surface area is 144 Å². The summed E-state index contributed by atoms with van der Waals surface area (Å²) in [5, 5.41) is 7.28. The van der Waals surface area contributed by atoms with E-state index in [9.17, 15) is 9.59 Å². The minimum atomic E-state index is -0.535. The molecular formula is C17H19N3O3S. The molecule has 1 aliphatic rings. The Morgan fingerprint density at radius 2 is 2.12 bits per heavy atom. The Morgan fingerprint density at radius 3 is 2.79 bits per heavy atom. The van der Waals surface area contributed by atoms with Crippen molar-refractivity contribution in [3.8, 4) is 5.75 Å². The average Bonchev–Trinajstić information content (AvgIpc) is 3.25. The van der Waals surface area contributed by atoms with Crippen molar-refractivity contribution in [3.63, 3.8) is 0 Å². The van der Waals surface area contributed by atoms with E-state index in [1.165, 1.54) is 0 Å². The van der Waals surface area contributed by atoms with Crippen molar-refractivity contribution in [3.05, 3.63) is 52.2 Å². The molecule has 1 aliphatic heterocycles. The zero-order chi connectivity index (χ0) is 16.9. The van der Waals surface area contributed by atoms with Crippen LogP contribution in [0.15, 0.2) is 41.8 Å². The monoisotopic (exact) mass is 345 g/mol. The first-order chi connectivity index (χ1) is 11.7. The Hall–Kier alpha value is -2.54. The molecule has 7 heteroatoms. The second-order valence-electron chi connectivity index (χ2n) is 5.49. The molecule has 126 valence electrons. The van der Waals surface area contributed by atoms with Gasteiger partial charge in [0, 0.05) is 23.5 Å². The number of carbonyl (C=O) groups is 2. The number of para-hydroxylation sites is 1. The molecule has 3 rings (SSSR count). The van der Waals surface area contributed by atoms with E-state index in [2.05, 4.69) is 10.6 Å². The van der Waals surface area contributed by atoms with E-state index < -0.39 is 6.04 Å². The number of methoxy groups -OCH3 is 1. The minimum Gasteiger partial charge on any atom is -0.496 e. The Balaban J connectivity index is 1.81. The van der Waals surface area contributed by atoms with Gasteiger partial charge in [0.25, 0.3) is 0 Å². The van der Waals surface area contributed by atoms with Crippen LogP contribution in [0.4, 0.5) is 4.79 Å². The summed E-state index contributed by atoms with van der Waals surface area (Å²) in [6.45, 7) is 1.23. The molecule has 2 heterocycles. The third-order valence-electron chi connectivity index (χ3n) is 3.86. The van der Waals surface area contributed by atoms with E-state index in [-0.39, 0.29) is 11.9 Å². The average molecular weight is 345 g/mol. The van der Waals surface area contributed by atoms with Gasteiger partial charge < -0.3 is 20.3 Å². The molecule has 0 radical (unpaired) electrons. The van der Waals surface area contributed by atoms with Crippen molar-refractivity contribution in [1.29, 1.82) is 0 Å². The summed E-state index contributed by atoms with van der Waals surface area (Å²) >= 11 is 1.60. The minimum absolute atomic E-state index is 0.104. The fraction of sp³-hybridized carbons (Fsp3) is 0.294. The lowest BCUT2D eigenvalue weighted by molar-refractivity contribution is -0.133. The summed E-state index contributed by atoms with van der Waals surface area (Å²) in [6.07, 6.45) is 0. The number of carbonyl (C=O) groups excluding carboxylic acids is 2. The largest absolute Gasteiger partial charge is 0.496 e. The summed E-state index contributed by atoms with van der Waals surface area (Å²) in [5.74, 6) is 0.641. The molecule has 24 heavy (non-hydrogen) atoms. The lowest BCUT2D eigenvalue weighted by Gasteiger charge is -2.25. The van der Waals surface area contributed by atoms with Crippen LogP contribution in [0, 0.1) is 0 Å². The summed E-state index contributed by atoms with van der Waals surface area (Å²) in [4.78, 5) is 27.0. The quantitative estimate of drug-likeness (QED) is 0.841. The van der Waals surface area contributed by atoms with Crippen LogP contribution in [0.3, 0.4) is 0 Å². The lowest BCUT2D eigenvalue weighted by Crippen LogP contribution is -2.44. The van der Waals surface area contributed by atoms with Crippen LogP contribution < -0.4 is 15.4 Å². The van der Waals surface area contributed by atoms with Gasteiger partial charge in [0.2, 0.25) is 5.91 Å². The van der Waals surface area contributed by atoms with Gasteiger partial charge in [0.05, 0.1) is 13.7 Å². The highest BCUT2D eigenvalue weighted by molar-refractivity contribution is 7.09. The van der Waals surface area contributed by atoms with E-state index in [0.717, 1.165) is 16.2 Å². The lowest BCUT2D eigenvalue weighted by atomic mass is 10.1. The van der Waals surface area contributed by atoms with Crippen molar-refractivity contribution < 1.29 is 14.3 Å². The SMILES string of the molecule is COc1ccccc1CN(Cc1cccs1)C(=O)[C@H]1CNC(=O)N1. The van der Waals surface area contributed by atoms with E-state index in [0.29, 0.717) is 19.6 Å². The predicted octanol–water partition coefficient (Wildman–Crippen LogP) is 1.97. The van der Waals surface area contributed by atoms with Crippen LogP contribution in [-0.4, -0.2) is 36.5 Å². The van der Waals surface area contributed by atoms with E-state index in [1.807, 2.05) is 41.8 Å². The zero-order valence-corrected chi connectivity index (χ0v) is 14.1. The fourth-order valence-electron chi connectivity index (χ4n) is 2.67. The van der Waals surface area contributed by atoms with Gasteiger partial charge in [-0.2, -0.15) is 0 Å². The van der Waals surface area contributed by atoms with Crippen LogP contribution >= 0.6 is 11.3 Å². The fourth-order valence-corrected chi connectivity index (χ4v) is 3.39. The molecule has 1 aromatic carbocycles. The summed E-state index contributed by atoms with van der Waals surface area (Å²) < 4.78 is 5.39. The van der Waals surface area contributed by atoms with E-state index in [1.54, 1.807) is 23.3 Å². The molecule has 1 atom stereocenters. The number of rotatable bonds is 6. The van der Waals surface area contributed by atoms with Crippen molar-refractivity contribution >= 4 is 23.3 Å². The van der Waals surface area contributed by atoms with Gasteiger partial charge in [-0.1, -0.05) is 24.3 Å². The van der Waals surface area contributed by atoms with Crippen LogP contribution in [0.25, 0.3) is 0 Å². The van der Waals surface area contributed by atoms with Gasteiger partial charge >= 0.3 is 6.03 Å². The number of ether oxygens (including phenoxy) is 1. The number of hydrogen-bond acceptors (Lipinski definition) is 4. The molecule has 0 saturated carbocycles. The second-order valence-corrected chi connectivity index (χ2v) is 6.52. The third kappa shape index (κ3) is 3.68. The standard InChI is InChI=1S/C17H19N3O3S/c1-23-15-7-3-2-5-12(15)10-20(11-13-6-4-8-24-13)16(21)14-9-18-17(22)19-14/h2-8,14H,9-11H2,1H3,(H2,18,19,22)/t14-/m1/s1. The van der Waals surface area contributed by atoms with Crippen molar-refractivity contribution in [1.82, 2.24) is 15.5 Å². The van der Waals surface area contributed by atoms with Gasteiger partial charge in [-0.25, -0.2) is 4.79 Å². The molecule has 1 saturated heterocycles. The molecule has 0 aliphatic carbocycles. The number of nitrogens with one attached hydrogen (secondary N) is 2.